The lowest BCUT2D eigenvalue weighted by Gasteiger charge is -2.31. The fraction of sp³-hybridized carbons (Fsp3) is 0.909. The van der Waals surface area contributed by atoms with Crippen molar-refractivity contribution < 1.29 is 14.6 Å². The third-order valence-corrected chi connectivity index (χ3v) is 3.24. The van der Waals surface area contributed by atoms with Gasteiger partial charge in [0.05, 0.1) is 19.1 Å². The van der Waals surface area contributed by atoms with Gasteiger partial charge in [-0.05, 0) is 13.3 Å². The molecule has 15 heavy (non-hydrogen) atoms. The first kappa shape index (κ1) is 12.5. The number of carbonyl (C=O) groups is 1. The predicted molar refractivity (Wildman–Crippen MR) is 57.4 cm³/mol. The number of nitrogens with one attached hydrogen (secondary N) is 1. The van der Waals surface area contributed by atoms with Crippen molar-refractivity contribution in [3.63, 3.8) is 0 Å². The highest BCUT2D eigenvalue weighted by Crippen LogP contribution is 2.20. The highest BCUT2D eigenvalue weighted by atomic mass is 16.5. The van der Waals surface area contributed by atoms with Gasteiger partial charge in [-0.15, -0.1) is 0 Å². The molecule has 0 aromatic rings. The zero-order valence-corrected chi connectivity index (χ0v) is 9.75. The van der Waals surface area contributed by atoms with Crippen LogP contribution in [0.3, 0.4) is 0 Å². The summed E-state index contributed by atoms with van der Waals surface area (Å²) >= 11 is 0. The number of hydrogen-bond acceptors (Lipinski definition) is 3. The van der Waals surface area contributed by atoms with Crippen molar-refractivity contribution in [1.82, 2.24) is 5.32 Å². The monoisotopic (exact) mass is 215 g/mol. The van der Waals surface area contributed by atoms with Crippen LogP contribution in [-0.2, 0) is 9.53 Å². The zero-order valence-electron chi connectivity index (χ0n) is 9.75. The minimum atomic E-state index is -0.283. The predicted octanol–water partition coefficient (Wildman–Crippen LogP) is 0.546. The van der Waals surface area contributed by atoms with E-state index in [2.05, 4.69) is 5.32 Å². The molecule has 1 saturated heterocycles. The number of aliphatic hydroxyl groups is 1. The average Bonchev–Trinajstić information content (AvgIpc) is 2.70. The Morgan fingerprint density at radius 3 is 2.80 bits per heavy atom. The van der Waals surface area contributed by atoms with Crippen LogP contribution in [0.25, 0.3) is 0 Å². The Morgan fingerprint density at radius 1 is 1.67 bits per heavy atom. The molecule has 0 spiro atoms. The normalized spacial score (nSPS) is 23.9. The number of amides is 1. The summed E-state index contributed by atoms with van der Waals surface area (Å²) < 4.78 is 5.16. The molecule has 1 aliphatic rings. The summed E-state index contributed by atoms with van der Waals surface area (Å²) in [7, 11) is 0. The van der Waals surface area contributed by atoms with E-state index in [1.54, 1.807) is 0 Å². The first-order valence-electron chi connectivity index (χ1n) is 5.46. The summed E-state index contributed by atoms with van der Waals surface area (Å²) in [5, 5.41) is 12.1. The number of ether oxygens (including phenoxy) is 1. The molecule has 0 radical (unpaired) electrons. The molecule has 1 aliphatic heterocycles. The SMILES string of the molecule is C[C@@H](NC(=O)[C@H]1CCOC1)C(C)(C)CO. The smallest absolute Gasteiger partial charge is 0.225 e. The lowest BCUT2D eigenvalue weighted by atomic mass is 9.86. The fourth-order valence-corrected chi connectivity index (χ4v) is 1.40. The highest BCUT2D eigenvalue weighted by molar-refractivity contribution is 5.79. The maximum atomic E-state index is 11.7. The second-order valence-corrected chi connectivity index (χ2v) is 4.94. The van der Waals surface area contributed by atoms with Crippen molar-refractivity contribution in [1.29, 1.82) is 0 Å². The minimum Gasteiger partial charge on any atom is -0.396 e. The van der Waals surface area contributed by atoms with Crippen molar-refractivity contribution in [2.75, 3.05) is 19.8 Å². The maximum absolute atomic E-state index is 11.7. The highest BCUT2D eigenvalue weighted by Gasteiger charge is 2.30. The molecule has 88 valence electrons. The van der Waals surface area contributed by atoms with E-state index < -0.39 is 0 Å². The molecule has 2 N–H and O–H groups in total. The molecule has 4 nitrogen and oxygen atoms in total. The molecule has 1 heterocycles. The molecule has 0 aliphatic carbocycles. The zero-order chi connectivity index (χ0) is 11.5. The molecule has 0 bridgehead atoms. The fourth-order valence-electron chi connectivity index (χ4n) is 1.40. The van der Waals surface area contributed by atoms with Gasteiger partial charge >= 0.3 is 0 Å². The molecule has 0 aromatic heterocycles. The Morgan fingerprint density at radius 2 is 2.33 bits per heavy atom. The average molecular weight is 215 g/mol. The third kappa shape index (κ3) is 3.18. The topological polar surface area (TPSA) is 58.6 Å². The molecule has 1 rings (SSSR count). The second-order valence-electron chi connectivity index (χ2n) is 4.94. The molecule has 1 amide bonds. The Labute approximate surface area is 91.0 Å². The second kappa shape index (κ2) is 4.94. The Bertz CT molecular complexity index is 222. The van der Waals surface area contributed by atoms with E-state index in [1.165, 1.54) is 0 Å². The van der Waals surface area contributed by atoms with Crippen molar-refractivity contribution in [2.45, 2.75) is 33.2 Å². The van der Waals surface area contributed by atoms with E-state index in [4.69, 9.17) is 9.84 Å². The quantitative estimate of drug-likeness (QED) is 0.720. The van der Waals surface area contributed by atoms with Crippen molar-refractivity contribution >= 4 is 5.91 Å². The number of hydrogen-bond donors (Lipinski definition) is 2. The molecule has 0 saturated carbocycles. The summed E-state index contributed by atoms with van der Waals surface area (Å²) in [4.78, 5) is 11.7. The largest absolute Gasteiger partial charge is 0.396 e. The van der Waals surface area contributed by atoms with Crippen LogP contribution in [0.4, 0.5) is 0 Å². The van der Waals surface area contributed by atoms with Gasteiger partial charge in [-0.3, -0.25) is 4.79 Å². The van der Waals surface area contributed by atoms with Crippen molar-refractivity contribution in [2.24, 2.45) is 11.3 Å². The van der Waals surface area contributed by atoms with E-state index in [0.29, 0.717) is 13.2 Å². The Balaban J connectivity index is 2.43. The summed E-state index contributed by atoms with van der Waals surface area (Å²) in [6.07, 6.45) is 0.804. The van der Waals surface area contributed by atoms with Gasteiger partial charge in [0.25, 0.3) is 0 Å². The Kier molecular flexibility index (Phi) is 4.11. The van der Waals surface area contributed by atoms with Crippen molar-refractivity contribution in [3.8, 4) is 0 Å². The van der Waals surface area contributed by atoms with Gasteiger partial charge in [-0.1, -0.05) is 13.8 Å². The van der Waals surface area contributed by atoms with Crippen LogP contribution >= 0.6 is 0 Å². The lowest BCUT2D eigenvalue weighted by molar-refractivity contribution is -0.126. The van der Waals surface area contributed by atoms with Crippen LogP contribution in [0.15, 0.2) is 0 Å². The molecule has 4 heteroatoms. The summed E-state index contributed by atoms with van der Waals surface area (Å²) in [5.74, 6) is 0.0310. The van der Waals surface area contributed by atoms with Gasteiger partial charge in [0.1, 0.15) is 0 Å². The molecule has 0 unspecified atom stereocenters. The minimum absolute atomic E-state index is 0.0121. The maximum Gasteiger partial charge on any atom is 0.225 e. The van der Waals surface area contributed by atoms with Crippen LogP contribution < -0.4 is 5.32 Å². The first-order chi connectivity index (χ1) is 6.97. The number of aliphatic hydroxyl groups excluding tert-OH is 1. The summed E-state index contributed by atoms with van der Waals surface area (Å²) in [6.45, 7) is 7.06. The van der Waals surface area contributed by atoms with Crippen LogP contribution in [0.1, 0.15) is 27.2 Å². The van der Waals surface area contributed by atoms with E-state index in [-0.39, 0.29) is 29.9 Å². The van der Waals surface area contributed by atoms with Crippen LogP contribution in [0.2, 0.25) is 0 Å². The lowest BCUT2D eigenvalue weighted by Crippen LogP contribution is -2.46. The Hall–Kier alpha value is -0.610. The van der Waals surface area contributed by atoms with Crippen LogP contribution in [0.5, 0.6) is 0 Å². The third-order valence-electron chi connectivity index (χ3n) is 3.24. The van der Waals surface area contributed by atoms with E-state index in [1.807, 2.05) is 20.8 Å². The standard InChI is InChI=1S/C11H21NO3/c1-8(11(2,3)7-13)12-10(14)9-4-5-15-6-9/h8-9,13H,4-7H2,1-3H3,(H,12,14)/t8-,9+/m1/s1. The summed E-state index contributed by atoms with van der Waals surface area (Å²) in [6, 6.07) is -0.0319. The van der Waals surface area contributed by atoms with E-state index in [0.717, 1.165) is 6.42 Å². The van der Waals surface area contributed by atoms with E-state index >= 15 is 0 Å². The van der Waals surface area contributed by atoms with E-state index in [9.17, 15) is 4.79 Å². The molecular formula is C11H21NO3. The van der Waals surface area contributed by atoms with Crippen LogP contribution in [-0.4, -0.2) is 36.9 Å². The van der Waals surface area contributed by atoms with Crippen molar-refractivity contribution in [3.05, 3.63) is 0 Å². The van der Waals surface area contributed by atoms with Crippen LogP contribution in [0, 0.1) is 11.3 Å². The molecule has 1 fully saturated rings. The van der Waals surface area contributed by atoms with Gasteiger partial charge in [-0.25, -0.2) is 0 Å². The first-order valence-corrected chi connectivity index (χ1v) is 5.46. The van der Waals surface area contributed by atoms with Gasteiger partial charge in [0.2, 0.25) is 5.91 Å². The molecular weight excluding hydrogens is 194 g/mol. The van der Waals surface area contributed by atoms with Gasteiger partial charge in [0.15, 0.2) is 0 Å². The number of rotatable bonds is 4. The molecule has 0 aromatic carbocycles. The number of carbonyl (C=O) groups excluding carboxylic acids is 1. The van der Waals surface area contributed by atoms with Gasteiger partial charge in [0, 0.05) is 18.1 Å². The summed E-state index contributed by atoms with van der Waals surface area (Å²) in [5.41, 5.74) is -0.283. The van der Waals surface area contributed by atoms with Gasteiger partial charge < -0.3 is 15.2 Å². The van der Waals surface area contributed by atoms with Gasteiger partial charge in [-0.2, -0.15) is 0 Å². The molecule has 2 atom stereocenters.